The lowest BCUT2D eigenvalue weighted by molar-refractivity contribution is -0.123. The Kier molecular flexibility index (Phi) is 5.39. The Morgan fingerprint density at radius 3 is 2.56 bits per heavy atom. The fourth-order valence-corrected chi connectivity index (χ4v) is 7.30. The predicted molar refractivity (Wildman–Crippen MR) is 145 cm³/mol. The highest BCUT2D eigenvalue weighted by Gasteiger charge is 2.57. The maximum atomic E-state index is 13.9. The summed E-state index contributed by atoms with van der Waals surface area (Å²) in [5.74, 6) is -2.49. The molecule has 2 aromatic carbocycles. The number of Topliss-reactive ketones (excluding diaryl/α,β-unsaturated/α-hetero) is 1. The highest BCUT2D eigenvalue weighted by Crippen LogP contribution is 2.55. The molecule has 2 heterocycles. The Hall–Kier alpha value is -4.04. The van der Waals surface area contributed by atoms with Crippen molar-refractivity contribution in [2.24, 2.45) is 23.7 Å². The molecule has 4 atom stereocenters. The zero-order valence-electron chi connectivity index (χ0n) is 20.6. The highest BCUT2D eigenvalue weighted by molar-refractivity contribution is 9.12. The van der Waals surface area contributed by atoms with Crippen molar-refractivity contribution < 1.29 is 29.0 Å². The lowest BCUT2D eigenvalue weighted by Gasteiger charge is -2.43. The van der Waals surface area contributed by atoms with E-state index in [1.165, 1.54) is 11.0 Å². The van der Waals surface area contributed by atoms with Crippen LogP contribution in [-0.4, -0.2) is 28.5 Å². The number of amides is 2. The average Bonchev–Trinajstić information content (AvgIpc) is 3.20. The Morgan fingerprint density at radius 1 is 0.974 bits per heavy atom. The van der Waals surface area contributed by atoms with Gasteiger partial charge in [-0.1, -0.05) is 29.8 Å². The van der Waals surface area contributed by atoms with Crippen molar-refractivity contribution in [3.05, 3.63) is 99.3 Å². The van der Waals surface area contributed by atoms with Crippen LogP contribution >= 0.6 is 15.9 Å². The molecule has 0 spiro atoms. The number of aromatic hydroxyl groups is 1. The van der Waals surface area contributed by atoms with E-state index in [0.717, 1.165) is 16.7 Å². The van der Waals surface area contributed by atoms with Crippen LogP contribution in [0.1, 0.15) is 18.4 Å². The number of ketones is 2. The quantitative estimate of drug-likeness (QED) is 0.312. The van der Waals surface area contributed by atoms with Gasteiger partial charge in [0.05, 0.1) is 28.3 Å². The molecular weight excluding hydrogens is 562 g/mol. The van der Waals surface area contributed by atoms with Gasteiger partial charge in [0.2, 0.25) is 11.8 Å². The number of para-hydroxylation sites is 1. The normalized spacial score (nSPS) is 27.6. The number of hydrogen-bond acceptors (Lipinski definition) is 6. The molecule has 2 aliphatic heterocycles. The Morgan fingerprint density at radius 2 is 1.77 bits per heavy atom. The topological polar surface area (TPSA) is 101 Å². The van der Waals surface area contributed by atoms with Gasteiger partial charge in [0.15, 0.2) is 11.6 Å². The van der Waals surface area contributed by atoms with E-state index in [0.29, 0.717) is 35.4 Å². The standard InChI is InChI=1S/C31H22BrNO6/c32-23-13-24(35)28-22(29(23)36)12-21-19(26(28)16-10-15-11-18(34)6-9-25(15)39-14-16)7-8-20-27(21)31(38)33(30(20)37)17-4-2-1-3-5-17/h1-7,9,11,13-14,20-21,26-27,34H,8,10,12H2/t20-,21+,26-,27-/m0/s1. The molecular formula is C31H22BrNO6. The summed E-state index contributed by atoms with van der Waals surface area (Å²) in [6, 6.07) is 13.8. The van der Waals surface area contributed by atoms with E-state index in [1.54, 1.807) is 48.7 Å². The van der Waals surface area contributed by atoms with Crippen LogP contribution in [0.4, 0.5) is 5.69 Å². The van der Waals surface area contributed by atoms with Crippen LogP contribution in [0.25, 0.3) is 0 Å². The number of benzene rings is 2. The van der Waals surface area contributed by atoms with Gasteiger partial charge in [-0.15, -0.1) is 0 Å². The lowest BCUT2D eigenvalue weighted by Crippen LogP contribution is -2.41. The van der Waals surface area contributed by atoms with Crippen LogP contribution in [0, 0.1) is 23.7 Å². The minimum atomic E-state index is -0.636. The van der Waals surface area contributed by atoms with Crippen molar-refractivity contribution in [3.63, 3.8) is 0 Å². The second-order valence-corrected chi connectivity index (χ2v) is 11.4. The molecule has 7 rings (SSSR count). The van der Waals surface area contributed by atoms with Crippen molar-refractivity contribution in [1.82, 2.24) is 0 Å². The molecule has 0 radical (unpaired) electrons. The molecule has 0 unspecified atom stereocenters. The number of allylic oxidation sites excluding steroid dienone is 7. The van der Waals surface area contributed by atoms with E-state index in [4.69, 9.17) is 4.74 Å². The molecule has 5 aliphatic rings. The first-order valence-electron chi connectivity index (χ1n) is 12.8. The van der Waals surface area contributed by atoms with Gasteiger partial charge in [-0.3, -0.25) is 24.1 Å². The SMILES string of the molecule is O=C1C=C(Br)C(=O)C2=C1[C@@H](C1=COc3ccc(O)cc3C1)C1=CC[C@@H]3C(=O)N(c4ccccc4)C(=O)[C@@H]3[C@@H]1C2. The van der Waals surface area contributed by atoms with Gasteiger partial charge in [-0.2, -0.15) is 0 Å². The summed E-state index contributed by atoms with van der Waals surface area (Å²) in [5, 5.41) is 10.1. The van der Waals surface area contributed by atoms with Crippen molar-refractivity contribution in [2.75, 3.05) is 4.90 Å². The summed E-state index contributed by atoms with van der Waals surface area (Å²) in [6.45, 7) is 0. The summed E-state index contributed by atoms with van der Waals surface area (Å²) in [7, 11) is 0. The molecule has 39 heavy (non-hydrogen) atoms. The van der Waals surface area contributed by atoms with Crippen molar-refractivity contribution in [1.29, 1.82) is 0 Å². The number of anilines is 1. The van der Waals surface area contributed by atoms with Crippen LogP contribution < -0.4 is 9.64 Å². The number of rotatable bonds is 2. The predicted octanol–water partition coefficient (Wildman–Crippen LogP) is 4.71. The largest absolute Gasteiger partial charge is 0.508 e. The Bertz CT molecular complexity index is 1630. The monoisotopic (exact) mass is 583 g/mol. The molecule has 1 fully saturated rings. The smallest absolute Gasteiger partial charge is 0.238 e. The summed E-state index contributed by atoms with van der Waals surface area (Å²) in [5.41, 5.74) is 3.71. The number of nitrogens with zero attached hydrogens (tertiary/aromatic N) is 1. The first kappa shape index (κ1) is 24.0. The minimum absolute atomic E-state index is 0.103. The van der Waals surface area contributed by atoms with Crippen LogP contribution in [0.2, 0.25) is 0 Å². The average molecular weight is 584 g/mol. The Labute approximate surface area is 232 Å². The van der Waals surface area contributed by atoms with E-state index in [-0.39, 0.29) is 40.0 Å². The first-order chi connectivity index (χ1) is 18.8. The van der Waals surface area contributed by atoms with E-state index in [9.17, 15) is 24.3 Å². The molecule has 7 nitrogen and oxygen atoms in total. The van der Waals surface area contributed by atoms with Gasteiger partial charge in [0.25, 0.3) is 0 Å². The van der Waals surface area contributed by atoms with Crippen LogP contribution in [0.5, 0.6) is 11.5 Å². The summed E-state index contributed by atoms with van der Waals surface area (Å²) >= 11 is 3.25. The fraction of sp³-hybridized carbons (Fsp3) is 0.226. The maximum Gasteiger partial charge on any atom is 0.238 e. The second-order valence-electron chi connectivity index (χ2n) is 10.5. The van der Waals surface area contributed by atoms with E-state index in [1.807, 2.05) is 12.1 Å². The third-order valence-corrected chi connectivity index (χ3v) is 9.08. The maximum absolute atomic E-state index is 13.9. The molecule has 1 N–H and O–H groups in total. The van der Waals surface area contributed by atoms with Gasteiger partial charge >= 0.3 is 0 Å². The van der Waals surface area contributed by atoms with E-state index in [2.05, 4.69) is 15.9 Å². The third-order valence-electron chi connectivity index (χ3n) is 8.49. The first-order valence-corrected chi connectivity index (χ1v) is 13.6. The Balaban J connectivity index is 1.34. The zero-order valence-corrected chi connectivity index (χ0v) is 22.2. The number of fused-ring (bicyclic) bond motifs is 4. The van der Waals surface area contributed by atoms with Crippen molar-refractivity contribution in [3.8, 4) is 11.5 Å². The molecule has 0 aromatic heterocycles. The van der Waals surface area contributed by atoms with Crippen molar-refractivity contribution >= 4 is 45.0 Å². The summed E-state index contributed by atoms with van der Waals surface area (Å²) in [6.07, 6.45) is 5.90. The van der Waals surface area contributed by atoms with Gasteiger partial charge in [0.1, 0.15) is 11.5 Å². The number of carbonyl (C=O) groups excluding carboxylic acids is 4. The molecule has 8 heteroatoms. The number of halogens is 1. The van der Waals surface area contributed by atoms with Crippen LogP contribution in [-0.2, 0) is 25.6 Å². The molecule has 0 bridgehead atoms. The molecule has 0 saturated carbocycles. The van der Waals surface area contributed by atoms with Crippen LogP contribution in [0.15, 0.2) is 93.7 Å². The van der Waals surface area contributed by atoms with Gasteiger partial charge in [-0.25, -0.2) is 0 Å². The van der Waals surface area contributed by atoms with Crippen molar-refractivity contribution in [2.45, 2.75) is 19.3 Å². The second kappa shape index (κ2) is 8.74. The number of phenolic OH excluding ortho intramolecular Hbond substituents is 1. The van der Waals surface area contributed by atoms with Gasteiger partial charge in [-0.05, 0) is 70.6 Å². The number of phenols is 1. The number of ether oxygens (including phenoxy) is 1. The van der Waals surface area contributed by atoms with Crippen LogP contribution in [0.3, 0.4) is 0 Å². The molecule has 2 aromatic rings. The molecule has 1 saturated heterocycles. The molecule has 194 valence electrons. The van der Waals surface area contributed by atoms with E-state index < -0.39 is 23.7 Å². The lowest BCUT2D eigenvalue weighted by atomic mass is 9.59. The fourth-order valence-electron chi connectivity index (χ4n) is 6.85. The molecule has 3 aliphatic carbocycles. The zero-order chi connectivity index (χ0) is 27.0. The summed E-state index contributed by atoms with van der Waals surface area (Å²) < 4.78 is 6.10. The molecule has 2 amide bonds. The van der Waals surface area contributed by atoms with Gasteiger partial charge < -0.3 is 9.84 Å². The number of carbonyl (C=O) groups is 4. The number of hydrogen-bond donors (Lipinski definition) is 1. The highest BCUT2D eigenvalue weighted by atomic mass is 79.9. The minimum Gasteiger partial charge on any atom is -0.508 e. The van der Waals surface area contributed by atoms with E-state index >= 15 is 0 Å². The third kappa shape index (κ3) is 3.54. The summed E-state index contributed by atoms with van der Waals surface area (Å²) in [4.78, 5) is 55.5. The number of imide groups is 1. The van der Waals surface area contributed by atoms with Gasteiger partial charge in [0, 0.05) is 35.1 Å².